The molecule has 0 saturated heterocycles. The van der Waals surface area contributed by atoms with Crippen molar-refractivity contribution in [2.24, 2.45) is 0 Å². The largest absolute Gasteiger partial charge is 0.493 e. The number of ketones is 1. The predicted molar refractivity (Wildman–Crippen MR) is 83.9 cm³/mol. The highest BCUT2D eigenvalue weighted by Gasteiger charge is 2.15. The van der Waals surface area contributed by atoms with E-state index < -0.39 is 0 Å². The normalized spacial score (nSPS) is 10.3. The lowest BCUT2D eigenvalue weighted by Gasteiger charge is -2.10. The van der Waals surface area contributed by atoms with Crippen LogP contribution in [0.25, 0.3) is 0 Å². The van der Waals surface area contributed by atoms with Gasteiger partial charge in [0.25, 0.3) is 0 Å². The highest BCUT2D eigenvalue weighted by atomic mass is 35.5. The summed E-state index contributed by atoms with van der Waals surface area (Å²) >= 11 is 11.9. The van der Waals surface area contributed by atoms with E-state index in [4.69, 9.17) is 38.4 Å². The van der Waals surface area contributed by atoms with Crippen LogP contribution in [-0.2, 0) is 0 Å². The Morgan fingerprint density at radius 3 is 2.05 bits per heavy atom. The van der Waals surface area contributed by atoms with Gasteiger partial charge in [-0.1, -0.05) is 23.2 Å². The highest BCUT2D eigenvalue weighted by molar-refractivity contribution is 6.39. The van der Waals surface area contributed by atoms with Crippen molar-refractivity contribution in [3.05, 3.63) is 51.5 Å². The van der Waals surface area contributed by atoms with E-state index in [1.54, 1.807) is 18.2 Å². The molecule has 0 aliphatic carbocycles. The first kappa shape index (κ1) is 15.5. The smallest absolute Gasteiger partial charge is 0.193 e. The molecule has 6 heteroatoms. The minimum absolute atomic E-state index is 0.236. The third kappa shape index (κ3) is 3.06. The van der Waals surface area contributed by atoms with Crippen molar-refractivity contribution in [2.45, 2.75) is 0 Å². The third-order valence-electron chi connectivity index (χ3n) is 2.99. The molecular weight excluding hydrogens is 313 g/mol. The van der Waals surface area contributed by atoms with Gasteiger partial charge in [0, 0.05) is 11.1 Å². The monoisotopic (exact) mass is 325 g/mol. The number of rotatable bonds is 4. The zero-order valence-corrected chi connectivity index (χ0v) is 13.0. The summed E-state index contributed by atoms with van der Waals surface area (Å²) in [6.07, 6.45) is 0. The van der Waals surface area contributed by atoms with Crippen molar-refractivity contribution in [3.8, 4) is 11.5 Å². The average Bonchev–Trinajstić information content (AvgIpc) is 2.50. The summed E-state index contributed by atoms with van der Waals surface area (Å²) in [4.78, 5) is 12.5. The van der Waals surface area contributed by atoms with Crippen LogP contribution in [0, 0.1) is 0 Å². The molecule has 21 heavy (non-hydrogen) atoms. The summed E-state index contributed by atoms with van der Waals surface area (Å²) in [5.41, 5.74) is 6.70. The Hall–Kier alpha value is -1.91. The molecule has 0 saturated carbocycles. The topological polar surface area (TPSA) is 61.5 Å². The molecule has 0 aromatic heterocycles. The van der Waals surface area contributed by atoms with E-state index >= 15 is 0 Å². The Bertz CT molecular complexity index is 678. The van der Waals surface area contributed by atoms with Crippen LogP contribution in [-0.4, -0.2) is 20.0 Å². The lowest BCUT2D eigenvalue weighted by atomic mass is 10.0. The molecule has 0 atom stereocenters. The number of nitrogens with two attached hydrogens (primary N) is 1. The molecule has 4 nitrogen and oxygen atoms in total. The fourth-order valence-corrected chi connectivity index (χ4v) is 2.35. The van der Waals surface area contributed by atoms with Crippen molar-refractivity contribution in [1.29, 1.82) is 0 Å². The maximum Gasteiger partial charge on any atom is 0.193 e. The maximum absolute atomic E-state index is 12.5. The molecule has 0 aliphatic rings. The Morgan fingerprint density at radius 2 is 1.52 bits per heavy atom. The second-order valence-electron chi connectivity index (χ2n) is 4.25. The number of methoxy groups -OCH3 is 2. The number of benzene rings is 2. The van der Waals surface area contributed by atoms with Crippen LogP contribution in [0.4, 0.5) is 5.69 Å². The van der Waals surface area contributed by atoms with E-state index in [0.717, 1.165) is 0 Å². The molecule has 2 aromatic carbocycles. The van der Waals surface area contributed by atoms with Gasteiger partial charge in [0.1, 0.15) is 0 Å². The summed E-state index contributed by atoms with van der Waals surface area (Å²) in [5, 5.41) is 0.484. The Kier molecular flexibility index (Phi) is 4.60. The number of carbonyl (C=O) groups is 1. The molecule has 0 spiro atoms. The van der Waals surface area contributed by atoms with Gasteiger partial charge < -0.3 is 15.2 Å². The molecule has 0 unspecified atom stereocenters. The molecule has 2 rings (SSSR count). The molecule has 0 heterocycles. The van der Waals surface area contributed by atoms with Crippen molar-refractivity contribution in [2.75, 3.05) is 20.0 Å². The summed E-state index contributed by atoms with van der Waals surface area (Å²) < 4.78 is 10.3. The van der Waals surface area contributed by atoms with Crippen LogP contribution in [0.5, 0.6) is 11.5 Å². The van der Waals surface area contributed by atoms with E-state index in [0.29, 0.717) is 22.6 Å². The minimum Gasteiger partial charge on any atom is -0.493 e. The third-order valence-corrected chi connectivity index (χ3v) is 3.61. The van der Waals surface area contributed by atoms with Crippen LogP contribution in [0.2, 0.25) is 10.0 Å². The summed E-state index contributed by atoms with van der Waals surface area (Å²) in [6, 6.07) is 7.87. The zero-order valence-electron chi connectivity index (χ0n) is 11.4. The molecular formula is C15H13Cl2NO3. The number of anilines is 1. The second-order valence-corrected chi connectivity index (χ2v) is 5.07. The first-order valence-electron chi connectivity index (χ1n) is 5.99. The molecule has 0 fully saturated rings. The first-order valence-corrected chi connectivity index (χ1v) is 6.74. The molecule has 0 amide bonds. The Balaban J connectivity index is 2.45. The minimum atomic E-state index is -0.236. The Labute approximate surface area is 132 Å². The van der Waals surface area contributed by atoms with Crippen molar-refractivity contribution in [1.82, 2.24) is 0 Å². The number of carbonyl (C=O) groups excluding carboxylic acids is 1. The van der Waals surface area contributed by atoms with Gasteiger partial charge in [0.05, 0.1) is 30.0 Å². The number of hydrogen-bond acceptors (Lipinski definition) is 4. The lowest BCUT2D eigenvalue weighted by molar-refractivity contribution is 0.103. The second kappa shape index (κ2) is 6.24. The van der Waals surface area contributed by atoms with Gasteiger partial charge in [0.2, 0.25) is 0 Å². The quantitative estimate of drug-likeness (QED) is 0.685. The van der Waals surface area contributed by atoms with E-state index in [9.17, 15) is 4.79 Å². The van der Waals surface area contributed by atoms with Crippen molar-refractivity contribution < 1.29 is 14.3 Å². The van der Waals surface area contributed by atoms with Gasteiger partial charge in [0.15, 0.2) is 17.3 Å². The molecule has 110 valence electrons. The number of halogens is 2. The SMILES string of the molecule is COc1ccc(C(=O)c2cc(Cl)c(N)c(Cl)c2)cc1OC. The van der Waals surface area contributed by atoms with Gasteiger partial charge in [-0.3, -0.25) is 4.79 Å². The van der Waals surface area contributed by atoms with Gasteiger partial charge in [-0.05, 0) is 30.3 Å². The van der Waals surface area contributed by atoms with Crippen molar-refractivity contribution >= 4 is 34.7 Å². The molecule has 0 aliphatic heterocycles. The van der Waals surface area contributed by atoms with Crippen LogP contribution in [0.1, 0.15) is 15.9 Å². The van der Waals surface area contributed by atoms with Crippen molar-refractivity contribution in [3.63, 3.8) is 0 Å². The van der Waals surface area contributed by atoms with E-state index in [2.05, 4.69) is 0 Å². The fourth-order valence-electron chi connectivity index (χ4n) is 1.86. The van der Waals surface area contributed by atoms with Gasteiger partial charge in [-0.15, -0.1) is 0 Å². The summed E-state index contributed by atoms with van der Waals surface area (Å²) in [6.45, 7) is 0. The molecule has 0 radical (unpaired) electrons. The highest BCUT2D eigenvalue weighted by Crippen LogP contribution is 2.32. The van der Waals surface area contributed by atoms with Crippen LogP contribution >= 0.6 is 23.2 Å². The first-order chi connectivity index (χ1) is 9.97. The van der Waals surface area contributed by atoms with E-state index in [-0.39, 0.29) is 21.5 Å². The number of nitrogen functional groups attached to an aromatic ring is 1. The summed E-state index contributed by atoms with van der Waals surface area (Å²) in [7, 11) is 3.03. The zero-order chi connectivity index (χ0) is 15.6. The fraction of sp³-hybridized carbons (Fsp3) is 0.133. The number of ether oxygens (including phenoxy) is 2. The molecule has 2 aromatic rings. The van der Waals surface area contributed by atoms with Crippen LogP contribution < -0.4 is 15.2 Å². The predicted octanol–water partition coefficient (Wildman–Crippen LogP) is 3.82. The lowest BCUT2D eigenvalue weighted by Crippen LogP contribution is -2.03. The summed E-state index contributed by atoms with van der Waals surface area (Å²) in [5.74, 6) is 0.776. The van der Waals surface area contributed by atoms with Crippen LogP contribution in [0.15, 0.2) is 30.3 Å². The maximum atomic E-state index is 12.5. The van der Waals surface area contributed by atoms with Gasteiger partial charge in [-0.25, -0.2) is 0 Å². The van der Waals surface area contributed by atoms with Crippen LogP contribution in [0.3, 0.4) is 0 Å². The Morgan fingerprint density at radius 1 is 0.952 bits per heavy atom. The standard InChI is InChI=1S/C15H13Cl2NO3/c1-20-12-4-3-8(7-13(12)21-2)15(19)9-5-10(16)14(18)11(17)6-9/h3-7H,18H2,1-2H3. The number of hydrogen-bond donors (Lipinski definition) is 1. The molecule has 0 bridgehead atoms. The molecule has 2 N–H and O–H groups in total. The average molecular weight is 326 g/mol. The van der Waals surface area contributed by atoms with E-state index in [1.165, 1.54) is 26.4 Å². The van der Waals surface area contributed by atoms with Gasteiger partial charge in [-0.2, -0.15) is 0 Å². The van der Waals surface area contributed by atoms with Gasteiger partial charge >= 0.3 is 0 Å². The van der Waals surface area contributed by atoms with E-state index in [1.807, 2.05) is 0 Å².